The molecule has 0 radical (unpaired) electrons. The summed E-state index contributed by atoms with van der Waals surface area (Å²) in [6.07, 6.45) is 6.67. The summed E-state index contributed by atoms with van der Waals surface area (Å²) in [6.45, 7) is 4.07. The van der Waals surface area contributed by atoms with Crippen LogP contribution in [0.15, 0.2) is 24.3 Å². The molecule has 0 saturated heterocycles. The predicted molar refractivity (Wildman–Crippen MR) is 90.6 cm³/mol. The summed E-state index contributed by atoms with van der Waals surface area (Å²) in [6, 6.07) is 0. The number of rotatable bonds is 3. The number of hydrogen-bond donors (Lipinski definition) is 1. The topological polar surface area (TPSA) is 99.1 Å². The van der Waals surface area contributed by atoms with Crippen LogP contribution in [0.4, 0.5) is 0 Å². The molecule has 0 spiro atoms. The van der Waals surface area contributed by atoms with Crippen LogP contribution in [0.1, 0.15) is 33.6 Å². The molecule has 0 saturated carbocycles. The van der Waals surface area contributed by atoms with Gasteiger partial charge >= 0.3 is 17.9 Å². The highest BCUT2D eigenvalue weighted by atomic mass is 32.1. The van der Waals surface area contributed by atoms with Crippen molar-refractivity contribution in [1.29, 1.82) is 0 Å². The molecule has 2 rings (SSSR count). The fraction of sp³-hybridized carbons (Fsp3) is 0.562. The van der Waals surface area contributed by atoms with E-state index in [1.54, 1.807) is 24.3 Å². The van der Waals surface area contributed by atoms with Crippen molar-refractivity contribution in [3.05, 3.63) is 24.3 Å². The second-order valence-electron chi connectivity index (χ2n) is 5.25. The van der Waals surface area contributed by atoms with Gasteiger partial charge in [-0.3, -0.25) is 14.4 Å². The van der Waals surface area contributed by atoms with Crippen LogP contribution >= 0.6 is 13.5 Å². The smallest absolute Gasteiger partial charge is 0.303 e. The molecule has 0 aromatic rings. The molecular formula is C16H24O7S. The zero-order chi connectivity index (χ0) is 17.4. The Hall–Kier alpha value is -1.80. The molecule has 0 aliphatic heterocycles. The first-order valence-electron chi connectivity index (χ1n) is 7.32. The van der Waals surface area contributed by atoms with Crippen LogP contribution < -0.4 is 0 Å². The molecule has 136 valence electrons. The Kier molecular flexibility index (Phi) is 10.1. The number of aliphatic hydroxyl groups is 1. The molecule has 0 aromatic heterocycles. The van der Waals surface area contributed by atoms with Gasteiger partial charge in [0.25, 0.3) is 0 Å². The van der Waals surface area contributed by atoms with E-state index in [0.717, 1.165) is 0 Å². The maximum absolute atomic E-state index is 10.6. The Labute approximate surface area is 148 Å². The average molecular weight is 360 g/mol. The third kappa shape index (κ3) is 9.36. The molecule has 0 aromatic carbocycles. The SMILES string of the molecule is CC(=O)O[C@@H]1C=C[C@H](OC(C)=O)C1.CC(=O)O[C@H]1C=C[C@@H](O)C1.S. The first kappa shape index (κ1) is 22.2. The second kappa shape index (κ2) is 10.9. The molecule has 8 heteroatoms. The van der Waals surface area contributed by atoms with E-state index in [-0.39, 0.29) is 49.7 Å². The van der Waals surface area contributed by atoms with Gasteiger partial charge in [0.15, 0.2) is 0 Å². The first-order chi connectivity index (χ1) is 10.8. The van der Waals surface area contributed by atoms with E-state index >= 15 is 0 Å². The minimum atomic E-state index is -0.440. The van der Waals surface area contributed by atoms with E-state index < -0.39 is 6.10 Å². The summed E-state index contributed by atoms with van der Waals surface area (Å²) in [5.74, 6) is -0.944. The van der Waals surface area contributed by atoms with Crippen LogP contribution in [0.25, 0.3) is 0 Å². The summed E-state index contributed by atoms with van der Waals surface area (Å²) in [5, 5.41) is 8.93. The highest BCUT2D eigenvalue weighted by Crippen LogP contribution is 2.17. The molecule has 24 heavy (non-hydrogen) atoms. The lowest BCUT2D eigenvalue weighted by Gasteiger charge is -2.11. The van der Waals surface area contributed by atoms with Gasteiger partial charge in [-0.25, -0.2) is 0 Å². The summed E-state index contributed by atoms with van der Waals surface area (Å²) in [7, 11) is 0. The van der Waals surface area contributed by atoms with Gasteiger partial charge in [0.1, 0.15) is 18.3 Å². The molecule has 7 nitrogen and oxygen atoms in total. The maximum atomic E-state index is 10.6. The Morgan fingerprint density at radius 3 is 1.38 bits per heavy atom. The van der Waals surface area contributed by atoms with Crippen LogP contribution in [0.5, 0.6) is 0 Å². The van der Waals surface area contributed by atoms with Crippen LogP contribution in [-0.4, -0.2) is 47.4 Å². The Bertz CT molecular complexity index is 477. The van der Waals surface area contributed by atoms with Gasteiger partial charge in [0.05, 0.1) is 6.10 Å². The third-order valence-electron chi connectivity index (χ3n) is 2.98. The van der Waals surface area contributed by atoms with Crippen molar-refractivity contribution in [1.82, 2.24) is 0 Å². The fourth-order valence-electron chi connectivity index (χ4n) is 2.18. The lowest BCUT2D eigenvalue weighted by atomic mass is 10.3. The van der Waals surface area contributed by atoms with Crippen LogP contribution in [0.2, 0.25) is 0 Å². The molecule has 2 aliphatic carbocycles. The van der Waals surface area contributed by atoms with Crippen molar-refractivity contribution in [2.45, 2.75) is 58.0 Å². The van der Waals surface area contributed by atoms with Crippen LogP contribution in [0.3, 0.4) is 0 Å². The second-order valence-corrected chi connectivity index (χ2v) is 5.25. The minimum absolute atomic E-state index is 0. The number of ether oxygens (including phenoxy) is 3. The Morgan fingerprint density at radius 1 is 0.750 bits per heavy atom. The van der Waals surface area contributed by atoms with Crippen molar-refractivity contribution < 1.29 is 33.7 Å². The van der Waals surface area contributed by atoms with Gasteiger partial charge in [0, 0.05) is 33.6 Å². The largest absolute Gasteiger partial charge is 0.458 e. The predicted octanol–water partition coefficient (Wildman–Crippen LogP) is 1.16. The summed E-state index contributed by atoms with van der Waals surface area (Å²) in [4.78, 5) is 31.5. The van der Waals surface area contributed by atoms with Gasteiger partial charge in [-0.05, 0) is 18.2 Å². The molecule has 1 N–H and O–H groups in total. The Morgan fingerprint density at radius 2 is 1.08 bits per heavy atom. The number of esters is 3. The van der Waals surface area contributed by atoms with Crippen LogP contribution in [-0.2, 0) is 28.6 Å². The fourth-order valence-corrected chi connectivity index (χ4v) is 2.18. The van der Waals surface area contributed by atoms with E-state index in [4.69, 9.17) is 19.3 Å². The number of carbonyl (C=O) groups is 3. The normalized spacial score (nSPS) is 26.7. The molecule has 0 unspecified atom stereocenters. The summed E-state index contributed by atoms with van der Waals surface area (Å²) < 4.78 is 14.6. The zero-order valence-corrected chi connectivity index (χ0v) is 14.9. The molecule has 0 fully saturated rings. The maximum Gasteiger partial charge on any atom is 0.303 e. The molecule has 0 heterocycles. The van der Waals surface area contributed by atoms with Gasteiger partial charge in [-0.1, -0.05) is 6.08 Å². The number of carbonyl (C=O) groups excluding carboxylic acids is 3. The quantitative estimate of drug-likeness (QED) is 0.458. The standard InChI is InChI=1S/C9H12O4.C7H10O3.H2S/c1-6(10)12-8-3-4-9(5-8)13-7(2)11;1-5(8)10-7-3-2-6(9)4-7;/h3-4,8-9H,5H2,1-2H3;2-3,6-7,9H,4H2,1H3;1H2/t8-,9+;6-,7+;/m.1./s1. The van der Waals surface area contributed by atoms with E-state index in [9.17, 15) is 14.4 Å². The highest BCUT2D eigenvalue weighted by Gasteiger charge is 2.22. The molecule has 0 bridgehead atoms. The summed E-state index contributed by atoms with van der Waals surface area (Å²) >= 11 is 0. The van der Waals surface area contributed by atoms with E-state index in [1.807, 2.05) is 0 Å². The van der Waals surface area contributed by atoms with Crippen molar-refractivity contribution in [3.8, 4) is 0 Å². The van der Waals surface area contributed by atoms with Gasteiger partial charge < -0.3 is 19.3 Å². The first-order valence-corrected chi connectivity index (χ1v) is 7.32. The van der Waals surface area contributed by atoms with E-state index in [2.05, 4.69) is 0 Å². The highest BCUT2D eigenvalue weighted by molar-refractivity contribution is 7.59. The van der Waals surface area contributed by atoms with Gasteiger partial charge in [-0.2, -0.15) is 13.5 Å². The van der Waals surface area contributed by atoms with Gasteiger partial charge in [-0.15, -0.1) is 0 Å². The average Bonchev–Trinajstić information content (AvgIpc) is 2.98. The van der Waals surface area contributed by atoms with Crippen molar-refractivity contribution in [2.75, 3.05) is 0 Å². The monoisotopic (exact) mass is 360 g/mol. The minimum Gasteiger partial charge on any atom is -0.458 e. The lowest BCUT2D eigenvalue weighted by Crippen LogP contribution is -2.17. The van der Waals surface area contributed by atoms with Crippen molar-refractivity contribution >= 4 is 31.4 Å². The molecular weight excluding hydrogens is 336 g/mol. The molecule has 2 aliphatic rings. The van der Waals surface area contributed by atoms with E-state index in [0.29, 0.717) is 12.8 Å². The lowest BCUT2D eigenvalue weighted by molar-refractivity contribution is -0.148. The third-order valence-corrected chi connectivity index (χ3v) is 2.98. The van der Waals surface area contributed by atoms with E-state index in [1.165, 1.54) is 20.8 Å². The van der Waals surface area contributed by atoms with Crippen molar-refractivity contribution in [2.24, 2.45) is 0 Å². The Balaban J connectivity index is 0.000000436. The molecule has 0 amide bonds. The van der Waals surface area contributed by atoms with Gasteiger partial charge in [0.2, 0.25) is 0 Å². The zero-order valence-electron chi connectivity index (χ0n) is 13.9. The summed E-state index contributed by atoms with van der Waals surface area (Å²) in [5.41, 5.74) is 0. The number of aliphatic hydroxyl groups excluding tert-OH is 1. The molecule has 4 atom stereocenters. The number of hydrogen-bond acceptors (Lipinski definition) is 7. The van der Waals surface area contributed by atoms with Crippen LogP contribution in [0, 0.1) is 0 Å². The van der Waals surface area contributed by atoms with Crippen molar-refractivity contribution in [3.63, 3.8) is 0 Å².